The first kappa shape index (κ1) is 13.3. The van der Waals surface area contributed by atoms with Gasteiger partial charge in [-0.25, -0.2) is 9.67 Å². The fraction of sp³-hybridized carbons (Fsp3) is 0.467. The smallest absolute Gasteiger partial charge is 0.138 e. The molecule has 0 saturated carbocycles. The summed E-state index contributed by atoms with van der Waals surface area (Å²) in [6.07, 6.45) is 4.54. The van der Waals surface area contributed by atoms with Crippen LogP contribution in [-0.4, -0.2) is 57.8 Å². The summed E-state index contributed by atoms with van der Waals surface area (Å²) >= 11 is 0. The molecule has 5 heteroatoms. The number of hydrogen-bond donors (Lipinski definition) is 0. The molecule has 20 heavy (non-hydrogen) atoms. The second kappa shape index (κ2) is 6.15. The van der Waals surface area contributed by atoms with Crippen LogP contribution in [0.1, 0.15) is 12.0 Å². The maximum atomic E-state index is 4.14. The number of benzene rings is 1. The van der Waals surface area contributed by atoms with Crippen LogP contribution in [0.4, 0.5) is 0 Å². The number of nitrogens with zero attached hydrogens (tertiary/aromatic N) is 5. The molecular weight excluding hydrogens is 250 g/mol. The summed E-state index contributed by atoms with van der Waals surface area (Å²) in [7, 11) is 2.20. The minimum Gasteiger partial charge on any atom is -0.305 e. The van der Waals surface area contributed by atoms with Crippen molar-refractivity contribution >= 4 is 0 Å². The lowest BCUT2D eigenvalue weighted by molar-refractivity contribution is 0.269. The Morgan fingerprint density at radius 3 is 2.65 bits per heavy atom. The van der Waals surface area contributed by atoms with E-state index in [2.05, 4.69) is 51.2 Å². The Kier molecular flexibility index (Phi) is 4.08. The Bertz CT molecular complexity index is 520. The van der Waals surface area contributed by atoms with Crippen molar-refractivity contribution in [1.82, 2.24) is 24.6 Å². The quantitative estimate of drug-likeness (QED) is 0.846. The zero-order valence-corrected chi connectivity index (χ0v) is 11.9. The summed E-state index contributed by atoms with van der Waals surface area (Å²) in [6.45, 7) is 5.75. The van der Waals surface area contributed by atoms with E-state index >= 15 is 0 Å². The van der Waals surface area contributed by atoms with Gasteiger partial charge in [0.1, 0.15) is 12.7 Å². The monoisotopic (exact) mass is 271 g/mol. The van der Waals surface area contributed by atoms with E-state index < -0.39 is 0 Å². The zero-order chi connectivity index (χ0) is 13.8. The SMILES string of the molecule is CN1CCCN(Cc2ccc(-n3cncn3)cc2)CC1. The van der Waals surface area contributed by atoms with E-state index in [1.54, 1.807) is 17.3 Å². The van der Waals surface area contributed by atoms with E-state index in [0.717, 1.165) is 25.3 Å². The maximum absolute atomic E-state index is 4.14. The van der Waals surface area contributed by atoms with Crippen LogP contribution < -0.4 is 0 Å². The molecule has 2 heterocycles. The Balaban J connectivity index is 1.63. The summed E-state index contributed by atoms with van der Waals surface area (Å²) < 4.78 is 1.78. The lowest BCUT2D eigenvalue weighted by Gasteiger charge is -2.20. The fourth-order valence-corrected chi connectivity index (χ4v) is 2.61. The number of rotatable bonds is 3. The van der Waals surface area contributed by atoms with E-state index in [0.29, 0.717) is 0 Å². The largest absolute Gasteiger partial charge is 0.305 e. The normalized spacial score (nSPS) is 18.1. The fourth-order valence-electron chi connectivity index (χ4n) is 2.61. The third-order valence-electron chi connectivity index (χ3n) is 3.84. The van der Waals surface area contributed by atoms with Crippen molar-refractivity contribution in [2.24, 2.45) is 0 Å². The average molecular weight is 271 g/mol. The van der Waals surface area contributed by atoms with E-state index in [4.69, 9.17) is 0 Å². The van der Waals surface area contributed by atoms with Gasteiger partial charge < -0.3 is 4.90 Å². The van der Waals surface area contributed by atoms with Gasteiger partial charge in [-0.3, -0.25) is 4.90 Å². The van der Waals surface area contributed by atoms with Crippen molar-refractivity contribution in [1.29, 1.82) is 0 Å². The molecule has 1 aliphatic rings. The van der Waals surface area contributed by atoms with Gasteiger partial charge in [-0.15, -0.1) is 0 Å². The highest BCUT2D eigenvalue weighted by atomic mass is 15.3. The van der Waals surface area contributed by atoms with Crippen LogP contribution in [0, 0.1) is 0 Å². The molecule has 5 nitrogen and oxygen atoms in total. The predicted octanol–water partition coefficient (Wildman–Crippen LogP) is 1.40. The minimum atomic E-state index is 1.03. The van der Waals surface area contributed by atoms with Gasteiger partial charge in [0.25, 0.3) is 0 Å². The van der Waals surface area contributed by atoms with Crippen molar-refractivity contribution in [2.45, 2.75) is 13.0 Å². The molecule has 0 N–H and O–H groups in total. The second-order valence-electron chi connectivity index (χ2n) is 5.44. The molecule has 0 aliphatic carbocycles. The Morgan fingerprint density at radius 2 is 1.90 bits per heavy atom. The molecule has 0 radical (unpaired) electrons. The Hall–Kier alpha value is -1.72. The minimum absolute atomic E-state index is 1.03. The predicted molar refractivity (Wildman–Crippen MR) is 78.8 cm³/mol. The molecule has 2 aromatic rings. The molecular formula is C15H21N5. The van der Waals surface area contributed by atoms with Crippen LogP contribution in [0.5, 0.6) is 0 Å². The highest BCUT2D eigenvalue weighted by Crippen LogP contribution is 2.11. The van der Waals surface area contributed by atoms with Gasteiger partial charge in [0, 0.05) is 19.6 Å². The summed E-state index contributed by atoms with van der Waals surface area (Å²) in [5, 5.41) is 4.14. The van der Waals surface area contributed by atoms with Gasteiger partial charge in [-0.1, -0.05) is 12.1 Å². The second-order valence-corrected chi connectivity index (χ2v) is 5.44. The molecule has 3 rings (SSSR count). The molecule has 0 amide bonds. The zero-order valence-electron chi connectivity index (χ0n) is 11.9. The standard InChI is InChI=1S/C15H21N5/c1-18-7-2-8-19(10-9-18)11-14-3-5-15(6-4-14)20-13-16-12-17-20/h3-6,12-13H,2,7-11H2,1H3. The lowest BCUT2D eigenvalue weighted by atomic mass is 10.2. The first-order valence-corrected chi connectivity index (χ1v) is 7.16. The first-order valence-electron chi connectivity index (χ1n) is 7.16. The molecule has 0 bridgehead atoms. The molecule has 1 aromatic carbocycles. The van der Waals surface area contributed by atoms with Gasteiger partial charge in [-0.2, -0.15) is 5.10 Å². The van der Waals surface area contributed by atoms with Gasteiger partial charge in [0.15, 0.2) is 0 Å². The van der Waals surface area contributed by atoms with Gasteiger partial charge in [0.2, 0.25) is 0 Å². The van der Waals surface area contributed by atoms with Crippen molar-refractivity contribution in [3.8, 4) is 5.69 Å². The molecule has 1 aromatic heterocycles. The summed E-state index contributed by atoms with van der Waals surface area (Å²) in [5.74, 6) is 0. The molecule has 1 saturated heterocycles. The van der Waals surface area contributed by atoms with E-state index in [9.17, 15) is 0 Å². The van der Waals surface area contributed by atoms with E-state index in [1.165, 1.54) is 25.1 Å². The topological polar surface area (TPSA) is 37.2 Å². The Labute approximate surface area is 119 Å². The average Bonchev–Trinajstić information content (AvgIpc) is 2.92. The van der Waals surface area contributed by atoms with Crippen LogP contribution >= 0.6 is 0 Å². The van der Waals surface area contributed by atoms with Crippen LogP contribution in [-0.2, 0) is 6.54 Å². The van der Waals surface area contributed by atoms with E-state index in [1.807, 2.05) is 0 Å². The van der Waals surface area contributed by atoms with Crippen LogP contribution in [0.3, 0.4) is 0 Å². The third kappa shape index (κ3) is 3.23. The first-order chi connectivity index (χ1) is 9.81. The molecule has 106 valence electrons. The molecule has 1 aliphatic heterocycles. The lowest BCUT2D eigenvalue weighted by Crippen LogP contribution is -2.28. The van der Waals surface area contributed by atoms with Crippen LogP contribution in [0.25, 0.3) is 5.69 Å². The highest BCUT2D eigenvalue weighted by Gasteiger charge is 2.12. The summed E-state index contributed by atoms with van der Waals surface area (Å²) in [5.41, 5.74) is 2.42. The van der Waals surface area contributed by atoms with Crippen molar-refractivity contribution in [3.63, 3.8) is 0 Å². The van der Waals surface area contributed by atoms with Crippen molar-refractivity contribution < 1.29 is 0 Å². The highest BCUT2D eigenvalue weighted by molar-refractivity contribution is 5.33. The van der Waals surface area contributed by atoms with Crippen LogP contribution in [0.2, 0.25) is 0 Å². The van der Waals surface area contributed by atoms with Gasteiger partial charge >= 0.3 is 0 Å². The molecule has 1 fully saturated rings. The van der Waals surface area contributed by atoms with Crippen molar-refractivity contribution in [3.05, 3.63) is 42.5 Å². The van der Waals surface area contributed by atoms with Gasteiger partial charge in [-0.05, 0) is 44.3 Å². The van der Waals surface area contributed by atoms with Crippen LogP contribution in [0.15, 0.2) is 36.9 Å². The number of hydrogen-bond acceptors (Lipinski definition) is 4. The van der Waals surface area contributed by atoms with E-state index in [-0.39, 0.29) is 0 Å². The number of aromatic nitrogens is 3. The number of likely N-dealkylation sites (N-methyl/N-ethyl adjacent to an activating group) is 1. The van der Waals surface area contributed by atoms with Gasteiger partial charge in [0.05, 0.1) is 5.69 Å². The molecule has 0 spiro atoms. The third-order valence-corrected chi connectivity index (χ3v) is 3.84. The summed E-state index contributed by atoms with van der Waals surface area (Å²) in [4.78, 5) is 8.92. The molecule has 0 atom stereocenters. The van der Waals surface area contributed by atoms with Crippen molar-refractivity contribution in [2.75, 3.05) is 33.2 Å². The maximum Gasteiger partial charge on any atom is 0.138 e. The Morgan fingerprint density at radius 1 is 1.05 bits per heavy atom. The molecule has 0 unspecified atom stereocenters. The summed E-state index contributed by atoms with van der Waals surface area (Å²) in [6, 6.07) is 8.58.